The first-order valence-corrected chi connectivity index (χ1v) is 7.51. The van der Waals surface area contributed by atoms with Crippen LogP contribution in [0.5, 0.6) is 0 Å². The van der Waals surface area contributed by atoms with Crippen molar-refractivity contribution < 1.29 is 4.79 Å². The Labute approximate surface area is 145 Å². The monoisotopic (exact) mass is 361 g/mol. The molecular weight excluding hydrogens is 345 g/mol. The average Bonchev–Trinajstić information content (AvgIpc) is 3.18. The molecule has 2 heterocycles. The highest BCUT2D eigenvalue weighted by molar-refractivity contribution is 7.99. The fourth-order valence-corrected chi connectivity index (χ4v) is 2.93. The van der Waals surface area contributed by atoms with Crippen LogP contribution in [0.25, 0.3) is 5.69 Å². The predicted molar refractivity (Wildman–Crippen MR) is 92.0 cm³/mol. The molecule has 1 aromatic carbocycles. The summed E-state index contributed by atoms with van der Waals surface area (Å²) in [5, 5.41) is 10.2. The molecule has 0 radical (unpaired) electrons. The van der Waals surface area contributed by atoms with E-state index >= 15 is 0 Å². The molecule has 22 heavy (non-hydrogen) atoms. The second-order valence-electron chi connectivity index (χ2n) is 4.50. The molecule has 1 amide bonds. The molecule has 3 rings (SSSR count). The second kappa shape index (κ2) is 8.99. The Kier molecular flexibility index (Phi) is 7.67. The summed E-state index contributed by atoms with van der Waals surface area (Å²) >= 11 is 1.75. The molecule has 1 unspecified atom stereocenters. The van der Waals surface area contributed by atoms with E-state index in [1.165, 1.54) is 6.33 Å². The number of hydrogen-bond acceptors (Lipinski definition) is 5. The van der Waals surface area contributed by atoms with Gasteiger partial charge in [0.15, 0.2) is 0 Å². The zero-order chi connectivity index (χ0) is 13.8. The molecule has 0 spiro atoms. The summed E-state index contributed by atoms with van der Waals surface area (Å²) in [5.41, 5.74) is 2.01. The minimum absolute atomic E-state index is 0. The van der Waals surface area contributed by atoms with Crippen molar-refractivity contribution in [2.45, 2.75) is 12.6 Å². The van der Waals surface area contributed by atoms with Gasteiger partial charge in [0.05, 0.1) is 11.7 Å². The maximum atomic E-state index is 11.9. The van der Waals surface area contributed by atoms with Crippen molar-refractivity contribution in [2.24, 2.45) is 0 Å². The Bertz CT molecular complexity index is 573. The number of hydrogen-bond donors (Lipinski definition) is 2. The number of carbonyl (C=O) groups excluding carboxylic acids is 1. The van der Waals surface area contributed by atoms with Gasteiger partial charge in [0.2, 0.25) is 5.91 Å². The Morgan fingerprint density at radius 2 is 2.14 bits per heavy atom. The number of aromatic nitrogens is 3. The lowest BCUT2D eigenvalue weighted by molar-refractivity contribution is -0.122. The van der Waals surface area contributed by atoms with Crippen LogP contribution < -0.4 is 10.6 Å². The Hall–Kier alpha value is -1.28. The summed E-state index contributed by atoms with van der Waals surface area (Å²) < 4.78 is 1.70. The zero-order valence-electron chi connectivity index (χ0n) is 11.6. The molecule has 1 aliphatic rings. The van der Waals surface area contributed by atoms with Crippen molar-refractivity contribution in [3.63, 3.8) is 0 Å². The van der Waals surface area contributed by atoms with Gasteiger partial charge in [-0.3, -0.25) is 10.1 Å². The van der Waals surface area contributed by atoms with Crippen LogP contribution in [0.15, 0.2) is 36.9 Å². The van der Waals surface area contributed by atoms with Crippen LogP contribution in [-0.4, -0.2) is 38.3 Å². The normalized spacial score (nSPS) is 16.5. The molecule has 1 fully saturated rings. The van der Waals surface area contributed by atoms with Crippen molar-refractivity contribution in [1.29, 1.82) is 0 Å². The Balaban J connectivity index is 0.00000121. The molecule has 1 aliphatic heterocycles. The molecule has 0 saturated carbocycles. The smallest absolute Gasteiger partial charge is 0.238 e. The molecule has 6 nitrogen and oxygen atoms in total. The third-order valence-electron chi connectivity index (χ3n) is 3.12. The number of nitrogens with one attached hydrogen (secondary N) is 2. The first-order chi connectivity index (χ1) is 9.83. The van der Waals surface area contributed by atoms with Crippen LogP contribution in [0.1, 0.15) is 5.56 Å². The predicted octanol–water partition coefficient (Wildman–Crippen LogP) is 1.39. The molecule has 2 aromatic rings. The van der Waals surface area contributed by atoms with Crippen molar-refractivity contribution in [3.8, 4) is 5.69 Å². The lowest BCUT2D eigenvalue weighted by atomic mass is 10.2. The number of carbonyl (C=O) groups is 1. The van der Waals surface area contributed by atoms with Crippen molar-refractivity contribution in [3.05, 3.63) is 42.5 Å². The quantitative estimate of drug-likeness (QED) is 0.860. The van der Waals surface area contributed by atoms with Crippen LogP contribution in [0.4, 0.5) is 0 Å². The maximum absolute atomic E-state index is 11.9. The summed E-state index contributed by atoms with van der Waals surface area (Å²) in [6, 6.07) is 7.82. The molecule has 120 valence electrons. The number of benzene rings is 1. The summed E-state index contributed by atoms with van der Waals surface area (Å²) in [6.45, 7) is 0.541. The fourth-order valence-electron chi connectivity index (χ4n) is 1.98. The molecule has 1 aromatic heterocycles. The maximum Gasteiger partial charge on any atom is 0.238 e. The van der Waals surface area contributed by atoms with Crippen LogP contribution in [0, 0.1) is 0 Å². The third kappa shape index (κ3) is 4.61. The van der Waals surface area contributed by atoms with Gasteiger partial charge >= 0.3 is 0 Å². The Morgan fingerprint density at radius 1 is 1.36 bits per heavy atom. The molecule has 0 bridgehead atoms. The van der Waals surface area contributed by atoms with Crippen LogP contribution >= 0.6 is 36.6 Å². The largest absolute Gasteiger partial charge is 0.351 e. The number of rotatable bonds is 4. The molecule has 9 heteroatoms. The standard InChI is InChI=1S/C13H15N5OS.2ClH/c19-13(12-6-20-9-16-12)15-5-10-1-3-11(4-2-10)18-8-14-7-17-18;;/h1-4,7-8,12,16H,5-6,9H2,(H,15,19);2*1H. The van der Waals surface area contributed by atoms with E-state index in [1.54, 1.807) is 22.8 Å². The van der Waals surface area contributed by atoms with Crippen molar-refractivity contribution >= 4 is 42.5 Å². The fraction of sp³-hybridized carbons (Fsp3) is 0.308. The average molecular weight is 362 g/mol. The summed E-state index contributed by atoms with van der Waals surface area (Å²) in [7, 11) is 0. The van der Waals surface area contributed by atoms with Crippen LogP contribution in [0.2, 0.25) is 0 Å². The van der Waals surface area contributed by atoms with Gasteiger partial charge in [-0.1, -0.05) is 12.1 Å². The van der Waals surface area contributed by atoms with Crippen molar-refractivity contribution in [2.75, 3.05) is 11.6 Å². The Morgan fingerprint density at radius 3 is 2.73 bits per heavy atom. The third-order valence-corrected chi connectivity index (χ3v) is 4.06. The van der Waals surface area contributed by atoms with Crippen molar-refractivity contribution in [1.82, 2.24) is 25.4 Å². The highest BCUT2D eigenvalue weighted by atomic mass is 35.5. The molecular formula is C13H17Cl2N5OS. The highest BCUT2D eigenvalue weighted by Crippen LogP contribution is 2.10. The van der Waals surface area contributed by atoms with E-state index in [1.807, 2.05) is 24.3 Å². The van der Waals surface area contributed by atoms with Crippen LogP contribution in [-0.2, 0) is 11.3 Å². The summed E-state index contributed by atoms with van der Waals surface area (Å²) in [5.74, 6) is 1.76. The van der Waals surface area contributed by atoms with E-state index in [2.05, 4.69) is 20.7 Å². The van der Waals surface area contributed by atoms with Gasteiger partial charge < -0.3 is 5.32 Å². The van der Waals surface area contributed by atoms with E-state index in [0.717, 1.165) is 22.9 Å². The first kappa shape index (κ1) is 18.8. The SMILES string of the molecule is Cl.Cl.O=C(NCc1ccc(-n2cncn2)cc1)C1CSCN1. The highest BCUT2D eigenvalue weighted by Gasteiger charge is 2.21. The topological polar surface area (TPSA) is 71.8 Å². The summed E-state index contributed by atoms with van der Waals surface area (Å²) in [6.07, 6.45) is 3.15. The van der Waals surface area contributed by atoms with Gasteiger partial charge in [-0.15, -0.1) is 36.6 Å². The minimum Gasteiger partial charge on any atom is -0.351 e. The van der Waals surface area contributed by atoms with E-state index in [-0.39, 0.29) is 36.8 Å². The van der Waals surface area contributed by atoms with Gasteiger partial charge in [-0.25, -0.2) is 9.67 Å². The number of halogens is 2. The number of nitrogens with zero attached hydrogens (tertiary/aromatic N) is 3. The van der Waals surface area contributed by atoms with E-state index in [4.69, 9.17) is 0 Å². The molecule has 0 aliphatic carbocycles. The van der Waals surface area contributed by atoms with Gasteiger partial charge in [0, 0.05) is 18.2 Å². The van der Waals surface area contributed by atoms with Crippen LogP contribution in [0.3, 0.4) is 0 Å². The second-order valence-corrected chi connectivity index (χ2v) is 5.53. The number of amides is 1. The van der Waals surface area contributed by atoms with Gasteiger partial charge in [0.25, 0.3) is 0 Å². The molecule has 2 N–H and O–H groups in total. The zero-order valence-corrected chi connectivity index (χ0v) is 14.1. The lowest BCUT2D eigenvalue weighted by Crippen LogP contribution is -2.41. The minimum atomic E-state index is -0.0607. The van der Waals surface area contributed by atoms with Gasteiger partial charge in [-0.05, 0) is 17.7 Å². The lowest BCUT2D eigenvalue weighted by Gasteiger charge is -2.10. The molecule has 1 saturated heterocycles. The van der Waals surface area contributed by atoms with Gasteiger partial charge in [0.1, 0.15) is 12.7 Å². The first-order valence-electron chi connectivity index (χ1n) is 6.36. The summed E-state index contributed by atoms with van der Waals surface area (Å²) in [4.78, 5) is 15.8. The molecule has 1 atom stereocenters. The van der Waals surface area contributed by atoms with E-state index < -0.39 is 0 Å². The van der Waals surface area contributed by atoms with E-state index in [9.17, 15) is 4.79 Å². The van der Waals surface area contributed by atoms with Gasteiger partial charge in [-0.2, -0.15) is 5.10 Å². The number of thioether (sulfide) groups is 1. The van der Waals surface area contributed by atoms with E-state index in [0.29, 0.717) is 6.54 Å².